The van der Waals surface area contributed by atoms with Gasteiger partial charge < -0.3 is 10.3 Å². The molecule has 0 radical (unpaired) electrons. The van der Waals surface area contributed by atoms with Crippen LogP contribution in [0.3, 0.4) is 0 Å². The van der Waals surface area contributed by atoms with E-state index in [4.69, 9.17) is 0 Å². The molecule has 1 heterocycles. The maximum absolute atomic E-state index is 4.10. The number of anilines is 1. The molecule has 4 fully saturated rings. The van der Waals surface area contributed by atoms with E-state index in [9.17, 15) is 0 Å². The lowest BCUT2D eigenvalue weighted by Gasteiger charge is -2.57. The fourth-order valence-corrected chi connectivity index (χ4v) is 5.72. The summed E-state index contributed by atoms with van der Waals surface area (Å²) >= 11 is 0. The van der Waals surface area contributed by atoms with Crippen molar-refractivity contribution in [3.05, 3.63) is 36.8 Å². The van der Waals surface area contributed by atoms with Gasteiger partial charge in [-0.25, -0.2) is 4.98 Å². The number of hydrogen-bond donors (Lipinski definition) is 2. The van der Waals surface area contributed by atoms with E-state index in [-0.39, 0.29) is 0 Å². The molecule has 6 rings (SSSR count). The summed E-state index contributed by atoms with van der Waals surface area (Å²) in [5, 5.41) is 3.93. The number of nitrogens with one attached hydrogen (secondary N) is 2. The standard InChI is InChI=1S/C19H23N3/c1-3-17(4-2-16(1)18-11-20-12-21-18)22-19-8-13-5-14(9-19)7-15(6-13)10-19/h1-4,11-15,22H,5-10H2,(H,20,21). The van der Waals surface area contributed by atoms with E-state index in [0.717, 1.165) is 23.4 Å². The zero-order valence-electron chi connectivity index (χ0n) is 12.9. The van der Waals surface area contributed by atoms with E-state index in [0.29, 0.717) is 5.54 Å². The lowest BCUT2D eigenvalue weighted by molar-refractivity contribution is 0.0107. The Balaban J connectivity index is 1.38. The Morgan fingerprint density at radius 3 is 2.14 bits per heavy atom. The predicted molar refractivity (Wildman–Crippen MR) is 88.5 cm³/mol. The molecule has 4 aliphatic carbocycles. The lowest BCUT2D eigenvalue weighted by atomic mass is 9.53. The third-order valence-corrected chi connectivity index (χ3v) is 6.14. The molecule has 0 spiro atoms. The molecule has 3 nitrogen and oxygen atoms in total. The van der Waals surface area contributed by atoms with Crippen molar-refractivity contribution >= 4 is 5.69 Å². The minimum atomic E-state index is 0.393. The Hall–Kier alpha value is -1.77. The zero-order valence-corrected chi connectivity index (χ0v) is 12.9. The molecule has 0 amide bonds. The first-order valence-corrected chi connectivity index (χ1v) is 8.65. The average molecular weight is 293 g/mol. The summed E-state index contributed by atoms with van der Waals surface area (Å²) in [5.41, 5.74) is 3.96. The minimum absolute atomic E-state index is 0.393. The van der Waals surface area contributed by atoms with Gasteiger partial charge in [-0.1, -0.05) is 12.1 Å². The molecule has 114 valence electrons. The third kappa shape index (κ3) is 2.06. The normalized spacial score (nSPS) is 35.7. The number of imidazole rings is 1. The Morgan fingerprint density at radius 2 is 1.59 bits per heavy atom. The highest BCUT2D eigenvalue weighted by atomic mass is 15.0. The van der Waals surface area contributed by atoms with Crippen LogP contribution in [-0.2, 0) is 0 Å². The van der Waals surface area contributed by atoms with Crippen LogP contribution >= 0.6 is 0 Å². The number of H-pyrrole nitrogens is 1. The van der Waals surface area contributed by atoms with Crippen LogP contribution in [0.25, 0.3) is 11.3 Å². The van der Waals surface area contributed by atoms with Crippen molar-refractivity contribution in [2.75, 3.05) is 5.32 Å². The van der Waals surface area contributed by atoms with E-state index in [1.165, 1.54) is 49.8 Å². The summed E-state index contributed by atoms with van der Waals surface area (Å²) in [7, 11) is 0. The van der Waals surface area contributed by atoms with Gasteiger partial charge in [0.25, 0.3) is 0 Å². The van der Waals surface area contributed by atoms with Gasteiger partial charge in [-0.15, -0.1) is 0 Å². The van der Waals surface area contributed by atoms with Gasteiger partial charge in [0, 0.05) is 11.2 Å². The van der Waals surface area contributed by atoms with Gasteiger partial charge in [0.1, 0.15) is 0 Å². The highest BCUT2D eigenvalue weighted by Gasteiger charge is 2.50. The minimum Gasteiger partial charge on any atom is -0.380 e. The molecule has 0 aliphatic heterocycles. The van der Waals surface area contributed by atoms with Crippen LogP contribution in [0.5, 0.6) is 0 Å². The third-order valence-electron chi connectivity index (χ3n) is 6.14. The van der Waals surface area contributed by atoms with Crippen molar-refractivity contribution in [3.63, 3.8) is 0 Å². The van der Waals surface area contributed by atoms with Crippen molar-refractivity contribution in [2.45, 2.75) is 44.1 Å². The van der Waals surface area contributed by atoms with Crippen LogP contribution in [0.15, 0.2) is 36.8 Å². The van der Waals surface area contributed by atoms with Crippen molar-refractivity contribution in [3.8, 4) is 11.3 Å². The van der Waals surface area contributed by atoms with Gasteiger partial charge in [0.15, 0.2) is 0 Å². The quantitative estimate of drug-likeness (QED) is 0.877. The first-order valence-electron chi connectivity index (χ1n) is 8.65. The summed E-state index contributed by atoms with van der Waals surface area (Å²) in [4.78, 5) is 7.26. The largest absolute Gasteiger partial charge is 0.380 e. The molecule has 4 bridgehead atoms. The molecule has 22 heavy (non-hydrogen) atoms. The number of hydrogen-bond acceptors (Lipinski definition) is 2. The molecular formula is C19H23N3. The maximum Gasteiger partial charge on any atom is 0.0924 e. The van der Waals surface area contributed by atoms with Crippen LogP contribution < -0.4 is 5.32 Å². The average Bonchev–Trinajstić information content (AvgIpc) is 3.00. The first kappa shape index (κ1) is 12.7. The van der Waals surface area contributed by atoms with E-state index in [1.807, 2.05) is 6.20 Å². The second-order valence-corrected chi connectivity index (χ2v) is 7.87. The molecule has 4 aliphatic rings. The number of rotatable bonds is 3. The van der Waals surface area contributed by atoms with Crippen molar-refractivity contribution < 1.29 is 0 Å². The number of benzene rings is 1. The molecule has 4 saturated carbocycles. The number of aromatic nitrogens is 2. The smallest absolute Gasteiger partial charge is 0.0924 e. The number of nitrogens with zero attached hydrogens (tertiary/aromatic N) is 1. The fourth-order valence-electron chi connectivity index (χ4n) is 5.72. The van der Waals surface area contributed by atoms with Crippen molar-refractivity contribution in [1.29, 1.82) is 0 Å². The summed E-state index contributed by atoms with van der Waals surface area (Å²) in [5.74, 6) is 2.97. The molecule has 3 heteroatoms. The van der Waals surface area contributed by atoms with Crippen LogP contribution in [0.1, 0.15) is 38.5 Å². The molecule has 2 N–H and O–H groups in total. The Labute approximate surface area is 131 Å². The molecule has 2 aromatic rings. The Morgan fingerprint density at radius 1 is 0.955 bits per heavy atom. The van der Waals surface area contributed by atoms with Gasteiger partial charge in [-0.2, -0.15) is 0 Å². The van der Waals surface area contributed by atoms with E-state index in [1.54, 1.807) is 6.33 Å². The topological polar surface area (TPSA) is 40.7 Å². The molecule has 1 aromatic carbocycles. The summed E-state index contributed by atoms with van der Waals surface area (Å²) in [6.45, 7) is 0. The highest BCUT2D eigenvalue weighted by Crippen LogP contribution is 2.56. The second kappa shape index (κ2) is 4.61. The monoisotopic (exact) mass is 293 g/mol. The van der Waals surface area contributed by atoms with E-state index in [2.05, 4.69) is 39.6 Å². The zero-order chi connectivity index (χ0) is 14.6. The van der Waals surface area contributed by atoms with E-state index >= 15 is 0 Å². The fraction of sp³-hybridized carbons (Fsp3) is 0.526. The van der Waals surface area contributed by atoms with Crippen molar-refractivity contribution in [1.82, 2.24) is 9.97 Å². The SMILES string of the molecule is c1ncc(-c2ccc(NC34CC5CC(CC(C5)C3)C4)cc2)[nH]1. The molecule has 0 saturated heterocycles. The molecule has 0 atom stereocenters. The highest BCUT2D eigenvalue weighted by molar-refractivity contribution is 5.62. The summed E-state index contributed by atoms with van der Waals surface area (Å²) < 4.78 is 0. The van der Waals surface area contributed by atoms with E-state index < -0.39 is 0 Å². The van der Waals surface area contributed by atoms with Gasteiger partial charge in [-0.3, -0.25) is 0 Å². The van der Waals surface area contributed by atoms with Gasteiger partial charge in [0.05, 0.1) is 18.2 Å². The number of aromatic amines is 1. The van der Waals surface area contributed by atoms with Crippen LogP contribution in [-0.4, -0.2) is 15.5 Å². The second-order valence-electron chi connectivity index (χ2n) is 7.87. The molecular weight excluding hydrogens is 270 g/mol. The Bertz CT molecular complexity index is 621. The Kier molecular flexibility index (Phi) is 2.67. The summed E-state index contributed by atoms with van der Waals surface area (Å²) in [6.07, 6.45) is 12.3. The van der Waals surface area contributed by atoms with Gasteiger partial charge in [-0.05, 0) is 74.0 Å². The van der Waals surface area contributed by atoms with Crippen LogP contribution in [0.2, 0.25) is 0 Å². The van der Waals surface area contributed by atoms with Gasteiger partial charge >= 0.3 is 0 Å². The van der Waals surface area contributed by atoms with Crippen LogP contribution in [0.4, 0.5) is 5.69 Å². The maximum atomic E-state index is 4.10. The lowest BCUT2D eigenvalue weighted by Crippen LogP contribution is -2.54. The van der Waals surface area contributed by atoms with Gasteiger partial charge in [0.2, 0.25) is 0 Å². The predicted octanol–water partition coefficient (Wildman–Crippen LogP) is 4.46. The molecule has 1 aromatic heterocycles. The first-order chi connectivity index (χ1) is 10.8. The molecule has 0 unspecified atom stereocenters. The van der Waals surface area contributed by atoms with Crippen molar-refractivity contribution in [2.24, 2.45) is 17.8 Å². The van der Waals surface area contributed by atoms with Crippen LogP contribution in [0, 0.1) is 17.8 Å². The summed E-state index contributed by atoms with van der Waals surface area (Å²) in [6, 6.07) is 8.84.